The molecule has 0 aliphatic heterocycles. The third-order valence-electron chi connectivity index (χ3n) is 5.15. The predicted octanol–water partition coefficient (Wildman–Crippen LogP) is 0.857. The number of hydrogen-bond acceptors (Lipinski definition) is 6. The number of carboxylic acid groups (broad SMARTS) is 1. The molecule has 0 aromatic heterocycles. The number of carbonyl (C=O) groups is 4. The zero-order chi connectivity index (χ0) is 23.8. The monoisotopic (exact) mass is 455 g/mol. The standard InChI is InChI=1S/C23H25N3O7/c1-32-13-19(22(30)25-10-20(27)24-11-21(28)29)26-23(31)33-12-18-16-8-4-2-6-14(16)15-7-3-5-9-17(15)18/h2-9,18-19H,10-13H2,1H3,(H,24,27)(H,25,30)(H,26,31)(H,28,29)/t19-/m0/s1. The zero-order valence-electron chi connectivity index (χ0n) is 18.0. The van der Waals surface area contributed by atoms with Crippen LogP contribution in [0, 0.1) is 0 Å². The first-order chi connectivity index (χ1) is 15.9. The molecule has 174 valence electrons. The lowest BCUT2D eigenvalue weighted by Gasteiger charge is -2.19. The van der Waals surface area contributed by atoms with Crippen molar-refractivity contribution in [3.8, 4) is 11.1 Å². The van der Waals surface area contributed by atoms with Gasteiger partial charge in [0.25, 0.3) is 0 Å². The molecule has 1 aliphatic carbocycles. The Morgan fingerprint density at radius 1 is 0.939 bits per heavy atom. The van der Waals surface area contributed by atoms with Crippen LogP contribution in [0.4, 0.5) is 4.79 Å². The maximum Gasteiger partial charge on any atom is 0.407 e. The highest BCUT2D eigenvalue weighted by Crippen LogP contribution is 2.44. The lowest BCUT2D eigenvalue weighted by atomic mass is 9.98. The van der Waals surface area contributed by atoms with Gasteiger partial charge in [-0.05, 0) is 22.3 Å². The van der Waals surface area contributed by atoms with Gasteiger partial charge in [-0.2, -0.15) is 0 Å². The van der Waals surface area contributed by atoms with Gasteiger partial charge in [-0.15, -0.1) is 0 Å². The molecule has 1 atom stereocenters. The van der Waals surface area contributed by atoms with Crippen molar-refractivity contribution < 1.29 is 33.8 Å². The molecule has 0 fully saturated rings. The Labute approximate surface area is 190 Å². The number of carboxylic acids is 1. The number of fused-ring (bicyclic) bond motifs is 3. The summed E-state index contributed by atoms with van der Waals surface area (Å²) in [5, 5.41) is 15.4. The van der Waals surface area contributed by atoms with Crippen LogP contribution < -0.4 is 16.0 Å². The minimum Gasteiger partial charge on any atom is -0.480 e. The van der Waals surface area contributed by atoms with E-state index in [2.05, 4.69) is 16.0 Å². The number of aliphatic carboxylic acids is 1. The molecule has 10 nitrogen and oxygen atoms in total. The minimum atomic E-state index is -1.20. The van der Waals surface area contributed by atoms with Crippen LogP contribution in [-0.4, -0.2) is 68.4 Å². The number of hydrogen-bond donors (Lipinski definition) is 4. The first-order valence-electron chi connectivity index (χ1n) is 10.3. The summed E-state index contributed by atoms with van der Waals surface area (Å²) in [6.45, 7) is -1.07. The topological polar surface area (TPSA) is 143 Å². The van der Waals surface area contributed by atoms with E-state index >= 15 is 0 Å². The SMILES string of the molecule is COC[C@H](NC(=O)OCC1c2ccccc2-c2ccccc21)C(=O)NCC(=O)NCC(=O)O. The van der Waals surface area contributed by atoms with Gasteiger partial charge in [-0.25, -0.2) is 4.79 Å². The van der Waals surface area contributed by atoms with Crippen molar-refractivity contribution in [2.45, 2.75) is 12.0 Å². The first kappa shape index (κ1) is 23.7. The van der Waals surface area contributed by atoms with Crippen LogP contribution in [0.15, 0.2) is 48.5 Å². The summed E-state index contributed by atoms with van der Waals surface area (Å²) >= 11 is 0. The Balaban J connectivity index is 1.55. The molecule has 0 radical (unpaired) electrons. The molecule has 2 aromatic rings. The van der Waals surface area contributed by atoms with Gasteiger partial charge in [0.05, 0.1) is 13.2 Å². The first-order valence-corrected chi connectivity index (χ1v) is 10.3. The van der Waals surface area contributed by atoms with Crippen molar-refractivity contribution in [1.82, 2.24) is 16.0 Å². The van der Waals surface area contributed by atoms with Crippen molar-refractivity contribution >= 4 is 23.9 Å². The average Bonchev–Trinajstić information content (AvgIpc) is 3.13. The van der Waals surface area contributed by atoms with Gasteiger partial charge in [-0.1, -0.05) is 48.5 Å². The lowest BCUT2D eigenvalue weighted by molar-refractivity contribution is -0.137. The van der Waals surface area contributed by atoms with Crippen LogP contribution in [0.25, 0.3) is 11.1 Å². The van der Waals surface area contributed by atoms with Crippen molar-refractivity contribution in [1.29, 1.82) is 0 Å². The number of alkyl carbamates (subject to hydrolysis) is 1. The molecule has 10 heteroatoms. The van der Waals surface area contributed by atoms with Gasteiger partial charge in [0, 0.05) is 13.0 Å². The van der Waals surface area contributed by atoms with Crippen molar-refractivity contribution in [2.75, 3.05) is 33.4 Å². The molecule has 0 saturated carbocycles. The molecule has 3 amide bonds. The van der Waals surface area contributed by atoms with Gasteiger partial charge >= 0.3 is 12.1 Å². The van der Waals surface area contributed by atoms with Crippen LogP contribution in [-0.2, 0) is 23.9 Å². The highest BCUT2D eigenvalue weighted by atomic mass is 16.5. The van der Waals surface area contributed by atoms with Crippen LogP contribution in [0.3, 0.4) is 0 Å². The van der Waals surface area contributed by atoms with E-state index in [1.165, 1.54) is 7.11 Å². The molecule has 0 heterocycles. The van der Waals surface area contributed by atoms with E-state index < -0.39 is 43.0 Å². The Bertz CT molecular complexity index is 995. The number of rotatable bonds is 10. The molecule has 3 rings (SSSR count). The Kier molecular flexibility index (Phi) is 7.98. The van der Waals surface area contributed by atoms with Gasteiger partial charge in [0.2, 0.25) is 11.8 Å². The molecule has 0 spiro atoms. The highest BCUT2D eigenvalue weighted by Gasteiger charge is 2.29. The molecular weight excluding hydrogens is 430 g/mol. The number of ether oxygens (including phenoxy) is 2. The number of amides is 3. The van der Waals surface area contributed by atoms with Gasteiger partial charge in [-0.3, -0.25) is 14.4 Å². The maximum atomic E-state index is 12.4. The summed E-state index contributed by atoms with van der Waals surface area (Å²) in [6, 6.07) is 14.7. The van der Waals surface area contributed by atoms with Crippen molar-refractivity contribution in [3.63, 3.8) is 0 Å². The Hall–Kier alpha value is -3.92. The van der Waals surface area contributed by atoms with Crippen LogP contribution in [0.2, 0.25) is 0 Å². The zero-order valence-corrected chi connectivity index (χ0v) is 18.0. The van der Waals surface area contributed by atoms with E-state index in [-0.39, 0.29) is 19.1 Å². The normalized spacial score (nSPS) is 12.8. The van der Waals surface area contributed by atoms with E-state index in [0.29, 0.717) is 0 Å². The smallest absolute Gasteiger partial charge is 0.407 e. The van der Waals surface area contributed by atoms with Gasteiger partial charge in [0.15, 0.2) is 0 Å². The molecule has 1 aliphatic rings. The summed E-state index contributed by atoms with van der Waals surface area (Å²) in [5.41, 5.74) is 4.31. The third-order valence-corrected chi connectivity index (χ3v) is 5.15. The van der Waals surface area contributed by atoms with E-state index in [1.54, 1.807) is 0 Å². The minimum absolute atomic E-state index is 0.0821. The molecule has 33 heavy (non-hydrogen) atoms. The summed E-state index contributed by atoms with van der Waals surface area (Å²) in [6.07, 6.45) is -0.801. The maximum absolute atomic E-state index is 12.4. The van der Waals surface area contributed by atoms with Crippen LogP contribution in [0.5, 0.6) is 0 Å². The van der Waals surface area contributed by atoms with Crippen LogP contribution >= 0.6 is 0 Å². The van der Waals surface area contributed by atoms with E-state index in [1.807, 2.05) is 48.5 Å². The van der Waals surface area contributed by atoms with E-state index in [4.69, 9.17) is 14.6 Å². The number of methoxy groups -OCH3 is 1. The molecule has 0 saturated heterocycles. The molecule has 4 N–H and O–H groups in total. The fraction of sp³-hybridized carbons (Fsp3) is 0.304. The summed E-state index contributed by atoms with van der Waals surface area (Å²) in [7, 11) is 1.36. The van der Waals surface area contributed by atoms with Crippen molar-refractivity contribution in [3.05, 3.63) is 59.7 Å². The largest absolute Gasteiger partial charge is 0.480 e. The quantitative estimate of drug-likeness (QED) is 0.416. The fourth-order valence-electron chi connectivity index (χ4n) is 3.66. The molecular formula is C23H25N3O7. The molecule has 2 aromatic carbocycles. The number of carbonyl (C=O) groups excluding carboxylic acids is 3. The lowest BCUT2D eigenvalue weighted by Crippen LogP contribution is -2.51. The number of nitrogens with one attached hydrogen (secondary N) is 3. The second-order valence-corrected chi connectivity index (χ2v) is 7.37. The van der Waals surface area contributed by atoms with E-state index in [9.17, 15) is 19.2 Å². The molecule has 0 bridgehead atoms. The Morgan fingerprint density at radius 3 is 2.12 bits per heavy atom. The van der Waals surface area contributed by atoms with Gasteiger partial charge in [0.1, 0.15) is 19.2 Å². The summed E-state index contributed by atoms with van der Waals surface area (Å²) < 4.78 is 10.4. The third kappa shape index (κ3) is 6.07. The second-order valence-electron chi connectivity index (χ2n) is 7.37. The fourth-order valence-corrected chi connectivity index (χ4v) is 3.66. The van der Waals surface area contributed by atoms with Crippen LogP contribution in [0.1, 0.15) is 17.0 Å². The van der Waals surface area contributed by atoms with Crippen molar-refractivity contribution in [2.24, 2.45) is 0 Å². The number of benzene rings is 2. The Morgan fingerprint density at radius 2 is 1.55 bits per heavy atom. The summed E-state index contributed by atoms with van der Waals surface area (Å²) in [5.74, 6) is -2.68. The molecule has 0 unspecified atom stereocenters. The van der Waals surface area contributed by atoms with E-state index in [0.717, 1.165) is 22.3 Å². The predicted molar refractivity (Wildman–Crippen MR) is 118 cm³/mol. The summed E-state index contributed by atoms with van der Waals surface area (Å²) in [4.78, 5) is 46.8. The van der Waals surface area contributed by atoms with Gasteiger partial charge < -0.3 is 30.5 Å². The second kappa shape index (κ2) is 11.1. The average molecular weight is 455 g/mol. The highest BCUT2D eigenvalue weighted by molar-refractivity contribution is 5.90.